The van der Waals surface area contributed by atoms with Gasteiger partial charge in [-0.05, 0) is 39.2 Å². The lowest BCUT2D eigenvalue weighted by molar-refractivity contribution is -0.176. The first-order valence-electron chi connectivity index (χ1n) is 5.91. The topological polar surface area (TPSA) is 73.6 Å². The third-order valence-corrected chi connectivity index (χ3v) is 4.19. The molecule has 1 aliphatic heterocycles. The molecule has 5 heteroatoms. The number of primary amides is 1. The highest BCUT2D eigenvalue weighted by Gasteiger charge is 2.69. The fraction of sp³-hybridized carbons (Fsp3) is 0.909. The second kappa shape index (κ2) is 3.11. The molecule has 16 heavy (non-hydrogen) atoms. The van der Waals surface area contributed by atoms with Gasteiger partial charge in [0.2, 0.25) is 0 Å². The number of carbonyl (C=O) groups excluding carboxylic acids is 1. The van der Waals surface area contributed by atoms with Gasteiger partial charge in [-0.25, -0.2) is 4.79 Å². The van der Waals surface area contributed by atoms with Crippen molar-refractivity contribution in [2.45, 2.75) is 50.0 Å². The highest BCUT2D eigenvalue weighted by Crippen LogP contribution is 2.65. The molecule has 0 unspecified atom stereocenters. The van der Waals surface area contributed by atoms with Crippen LogP contribution in [0.2, 0.25) is 0 Å². The SMILES string of the molecule is CN[C@@H]1CC2(CC2)[C@@H](OC(N)=O)C2(CC2)O1. The van der Waals surface area contributed by atoms with E-state index in [4.69, 9.17) is 15.2 Å². The molecule has 2 saturated carbocycles. The van der Waals surface area contributed by atoms with Gasteiger partial charge in [0.1, 0.15) is 17.9 Å². The standard InChI is InChI=1S/C11H18N2O3/c1-13-7-6-10(2-3-10)8(15-9(12)14)11(16-7)4-5-11/h7-8,13H,2-6H2,1H3,(H2,12,14)/t7-,8+/m0/s1. The van der Waals surface area contributed by atoms with E-state index < -0.39 is 6.09 Å². The van der Waals surface area contributed by atoms with Gasteiger partial charge in [0, 0.05) is 5.41 Å². The Labute approximate surface area is 94.6 Å². The van der Waals surface area contributed by atoms with Gasteiger partial charge in [0.25, 0.3) is 0 Å². The maximum atomic E-state index is 11.0. The van der Waals surface area contributed by atoms with E-state index in [1.807, 2.05) is 7.05 Å². The molecular weight excluding hydrogens is 208 g/mol. The molecule has 1 heterocycles. The van der Waals surface area contributed by atoms with Crippen LogP contribution in [0, 0.1) is 5.41 Å². The number of hydrogen-bond donors (Lipinski definition) is 2. The first-order chi connectivity index (χ1) is 7.60. The van der Waals surface area contributed by atoms with E-state index >= 15 is 0 Å². The Bertz CT molecular complexity index is 301. The zero-order chi connectivity index (χ0) is 11.4. The molecule has 0 bridgehead atoms. The minimum Gasteiger partial charge on any atom is -0.443 e. The largest absolute Gasteiger partial charge is 0.443 e. The highest BCUT2D eigenvalue weighted by atomic mass is 16.6. The quantitative estimate of drug-likeness (QED) is 0.728. The molecule has 0 aromatic heterocycles. The summed E-state index contributed by atoms with van der Waals surface area (Å²) in [4.78, 5) is 11.0. The van der Waals surface area contributed by atoms with Crippen LogP contribution in [0.25, 0.3) is 0 Å². The molecule has 0 aromatic carbocycles. The van der Waals surface area contributed by atoms with Gasteiger partial charge in [-0.3, -0.25) is 5.32 Å². The van der Waals surface area contributed by atoms with E-state index in [9.17, 15) is 4.79 Å². The zero-order valence-electron chi connectivity index (χ0n) is 9.49. The van der Waals surface area contributed by atoms with Crippen LogP contribution in [0.1, 0.15) is 32.1 Å². The first-order valence-corrected chi connectivity index (χ1v) is 5.91. The van der Waals surface area contributed by atoms with Crippen LogP contribution in [0.3, 0.4) is 0 Å². The Hall–Kier alpha value is -0.810. The Kier molecular flexibility index (Phi) is 2.01. The van der Waals surface area contributed by atoms with Gasteiger partial charge < -0.3 is 15.2 Å². The lowest BCUT2D eigenvalue weighted by atomic mass is 9.86. The number of ether oxygens (including phenoxy) is 2. The van der Waals surface area contributed by atoms with E-state index in [1.165, 1.54) is 0 Å². The lowest BCUT2D eigenvalue weighted by Crippen LogP contribution is -2.54. The number of hydrogen-bond acceptors (Lipinski definition) is 4. The van der Waals surface area contributed by atoms with E-state index in [0.29, 0.717) is 0 Å². The molecule has 2 spiro atoms. The van der Waals surface area contributed by atoms with Crippen molar-refractivity contribution < 1.29 is 14.3 Å². The maximum absolute atomic E-state index is 11.0. The Morgan fingerprint density at radius 2 is 2.12 bits per heavy atom. The van der Waals surface area contributed by atoms with Crippen molar-refractivity contribution in [1.82, 2.24) is 5.32 Å². The van der Waals surface area contributed by atoms with Crippen LogP contribution in [-0.4, -0.2) is 31.1 Å². The van der Waals surface area contributed by atoms with Gasteiger partial charge in [-0.1, -0.05) is 0 Å². The summed E-state index contributed by atoms with van der Waals surface area (Å²) in [6.45, 7) is 0. The van der Waals surface area contributed by atoms with E-state index in [-0.39, 0.29) is 23.3 Å². The summed E-state index contributed by atoms with van der Waals surface area (Å²) in [5, 5.41) is 3.18. The van der Waals surface area contributed by atoms with Gasteiger partial charge in [0.05, 0.1) is 0 Å². The molecule has 2 atom stereocenters. The predicted molar refractivity (Wildman–Crippen MR) is 56.6 cm³/mol. The molecule has 0 aromatic rings. The molecule has 1 amide bonds. The number of rotatable bonds is 2. The average Bonchev–Trinajstić information content (AvgIpc) is 3.11. The zero-order valence-corrected chi connectivity index (χ0v) is 9.49. The summed E-state index contributed by atoms with van der Waals surface area (Å²) in [5.74, 6) is 0. The summed E-state index contributed by atoms with van der Waals surface area (Å²) in [7, 11) is 1.91. The highest BCUT2D eigenvalue weighted by molar-refractivity contribution is 5.65. The van der Waals surface area contributed by atoms with Crippen LogP contribution in [0.5, 0.6) is 0 Å². The Morgan fingerprint density at radius 1 is 1.44 bits per heavy atom. The van der Waals surface area contributed by atoms with E-state index in [2.05, 4.69) is 5.32 Å². The second-order valence-electron chi connectivity index (χ2n) is 5.34. The van der Waals surface area contributed by atoms with E-state index in [0.717, 1.165) is 32.1 Å². The van der Waals surface area contributed by atoms with Crippen molar-refractivity contribution in [2.75, 3.05) is 7.05 Å². The minimum absolute atomic E-state index is 0.0951. The minimum atomic E-state index is -0.672. The lowest BCUT2D eigenvalue weighted by Gasteiger charge is -2.42. The second-order valence-corrected chi connectivity index (χ2v) is 5.34. The Morgan fingerprint density at radius 3 is 2.56 bits per heavy atom. The average molecular weight is 226 g/mol. The van der Waals surface area contributed by atoms with Crippen molar-refractivity contribution in [3.8, 4) is 0 Å². The number of nitrogens with one attached hydrogen (secondary N) is 1. The Balaban J connectivity index is 1.82. The maximum Gasteiger partial charge on any atom is 0.404 e. The molecule has 3 aliphatic rings. The third-order valence-electron chi connectivity index (χ3n) is 4.19. The molecule has 3 fully saturated rings. The van der Waals surface area contributed by atoms with Crippen LogP contribution in [0.15, 0.2) is 0 Å². The molecule has 3 rings (SSSR count). The summed E-state index contributed by atoms with van der Waals surface area (Å²) in [6.07, 6.45) is 4.41. The predicted octanol–water partition coefficient (Wildman–Crippen LogP) is 0.729. The summed E-state index contributed by atoms with van der Waals surface area (Å²) in [6, 6.07) is 0. The van der Waals surface area contributed by atoms with Crippen molar-refractivity contribution in [3.63, 3.8) is 0 Å². The number of nitrogens with two attached hydrogens (primary N) is 1. The first kappa shape index (κ1) is 10.4. The number of amides is 1. The molecule has 1 saturated heterocycles. The van der Waals surface area contributed by atoms with Crippen LogP contribution >= 0.6 is 0 Å². The van der Waals surface area contributed by atoms with Crippen molar-refractivity contribution in [3.05, 3.63) is 0 Å². The summed E-state index contributed by atoms with van der Waals surface area (Å²) < 4.78 is 11.3. The fourth-order valence-electron chi connectivity index (χ4n) is 3.06. The van der Waals surface area contributed by atoms with Gasteiger partial charge >= 0.3 is 6.09 Å². The molecule has 0 radical (unpaired) electrons. The van der Waals surface area contributed by atoms with E-state index in [1.54, 1.807) is 0 Å². The van der Waals surface area contributed by atoms with Crippen molar-refractivity contribution in [1.29, 1.82) is 0 Å². The van der Waals surface area contributed by atoms with Gasteiger partial charge in [-0.15, -0.1) is 0 Å². The van der Waals surface area contributed by atoms with Gasteiger partial charge in [0.15, 0.2) is 0 Å². The molecule has 5 nitrogen and oxygen atoms in total. The van der Waals surface area contributed by atoms with Gasteiger partial charge in [-0.2, -0.15) is 0 Å². The monoisotopic (exact) mass is 226 g/mol. The van der Waals surface area contributed by atoms with Crippen LogP contribution in [-0.2, 0) is 9.47 Å². The van der Waals surface area contributed by atoms with Crippen LogP contribution in [0.4, 0.5) is 4.79 Å². The molecule has 3 N–H and O–H groups in total. The molecular formula is C11H18N2O3. The van der Waals surface area contributed by atoms with Crippen molar-refractivity contribution >= 4 is 6.09 Å². The summed E-state index contributed by atoms with van der Waals surface area (Å²) in [5.41, 5.74) is 5.05. The smallest absolute Gasteiger partial charge is 0.404 e. The number of carbonyl (C=O) groups is 1. The van der Waals surface area contributed by atoms with Crippen LogP contribution < -0.4 is 11.1 Å². The summed E-state index contributed by atoms with van der Waals surface area (Å²) >= 11 is 0. The normalized spacial score (nSPS) is 37.3. The fourth-order valence-corrected chi connectivity index (χ4v) is 3.06. The third kappa shape index (κ3) is 1.42. The van der Waals surface area contributed by atoms with Crippen molar-refractivity contribution in [2.24, 2.45) is 11.1 Å². The molecule has 2 aliphatic carbocycles. The molecule has 90 valence electrons.